The number of nitriles is 1. The molecule has 0 fully saturated rings. The Balaban J connectivity index is 1.29. The SMILES string of the molecule is N#Cc1cc(-n2c3cc(-c4ccccc4)ccc3c3ccc(-c4ccccc4)cc32)c(-c2cc(C(F)(F)F)cc(C(F)(F)F)c2)c(-n2c3cc(-c4ccccc4)ccc3c3ccc(-c4ccccc4)cc32)c1. The van der Waals surface area contributed by atoms with Gasteiger partial charge in [0.15, 0.2) is 0 Å². The standard InChI is InChI=1S/C63H37F6N3/c64-62(65,66)49-31-48(32-50(37-49)63(67,68)69)61-59(71-55-33-44(40-13-5-1-6-14-40)21-25-51(55)52-26-22-45(34-56(52)71)41-15-7-2-8-16-41)29-39(38-70)30-60(61)72-57-35-46(42-17-9-3-10-18-42)23-27-53(57)54-28-24-47(36-58(54)72)43-19-11-4-12-20-43/h1-37H. The van der Waals surface area contributed by atoms with E-state index in [0.717, 1.165) is 78.2 Å². The van der Waals surface area contributed by atoms with E-state index < -0.39 is 23.5 Å². The van der Waals surface area contributed by atoms with Gasteiger partial charge < -0.3 is 9.13 Å². The molecule has 12 aromatic rings. The Hall–Kier alpha value is -9.13. The molecule has 3 nitrogen and oxygen atoms in total. The van der Waals surface area contributed by atoms with Gasteiger partial charge in [-0.15, -0.1) is 0 Å². The summed E-state index contributed by atoms with van der Waals surface area (Å²) in [5.74, 6) is 0. The highest BCUT2D eigenvalue weighted by atomic mass is 19.4. The Bertz CT molecular complexity index is 3660. The van der Waals surface area contributed by atoms with Gasteiger partial charge in [0.1, 0.15) is 0 Å². The molecule has 0 aliphatic carbocycles. The van der Waals surface area contributed by atoms with Crippen molar-refractivity contribution in [1.29, 1.82) is 5.26 Å². The predicted molar refractivity (Wildman–Crippen MR) is 277 cm³/mol. The van der Waals surface area contributed by atoms with Crippen LogP contribution in [0.1, 0.15) is 16.7 Å². The van der Waals surface area contributed by atoms with Gasteiger partial charge in [-0.3, -0.25) is 0 Å². The van der Waals surface area contributed by atoms with Gasteiger partial charge >= 0.3 is 12.4 Å². The molecule has 346 valence electrons. The minimum Gasteiger partial charge on any atom is -0.308 e. The zero-order chi connectivity index (χ0) is 49.3. The first-order valence-corrected chi connectivity index (χ1v) is 23.2. The third-order valence-corrected chi connectivity index (χ3v) is 13.5. The van der Waals surface area contributed by atoms with E-state index in [0.29, 0.717) is 22.1 Å². The normalized spacial score (nSPS) is 12.0. The van der Waals surface area contributed by atoms with E-state index in [1.807, 2.05) is 203 Å². The van der Waals surface area contributed by atoms with Gasteiger partial charge in [0.2, 0.25) is 0 Å². The summed E-state index contributed by atoms with van der Waals surface area (Å²) in [6.07, 6.45) is -10.3. The van der Waals surface area contributed by atoms with Crippen LogP contribution in [0, 0.1) is 11.3 Å². The third kappa shape index (κ3) is 7.65. The molecule has 12 rings (SSSR count). The molecule has 0 amide bonds. The first-order valence-electron chi connectivity index (χ1n) is 23.2. The molecular formula is C63H37F6N3. The van der Waals surface area contributed by atoms with Gasteiger partial charge in [0.25, 0.3) is 0 Å². The molecule has 10 aromatic carbocycles. The second-order valence-electron chi connectivity index (χ2n) is 17.9. The van der Waals surface area contributed by atoms with Crippen LogP contribution >= 0.6 is 0 Å². The van der Waals surface area contributed by atoms with E-state index in [1.54, 1.807) is 12.1 Å². The second-order valence-corrected chi connectivity index (χ2v) is 17.9. The van der Waals surface area contributed by atoms with Crippen LogP contribution in [0.5, 0.6) is 0 Å². The van der Waals surface area contributed by atoms with Gasteiger partial charge in [-0.2, -0.15) is 31.6 Å². The molecule has 0 saturated carbocycles. The van der Waals surface area contributed by atoms with E-state index in [2.05, 4.69) is 6.07 Å². The minimum atomic E-state index is -5.16. The Morgan fingerprint density at radius 1 is 0.306 bits per heavy atom. The van der Waals surface area contributed by atoms with E-state index in [4.69, 9.17) is 0 Å². The average molecular weight is 950 g/mol. The van der Waals surface area contributed by atoms with E-state index in [-0.39, 0.29) is 34.1 Å². The molecule has 0 aliphatic rings. The largest absolute Gasteiger partial charge is 0.416 e. The summed E-state index contributed by atoms with van der Waals surface area (Å²) in [6, 6.07) is 69.9. The molecular weight excluding hydrogens is 913 g/mol. The van der Waals surface area contributed by atoms with Gasteiger partial charge in [-0.1, -0.05) is 170 Å². The number of fused-ring (bicyclic) bond motifs is 6. The fourth-order valence-electron chi connectivity index (χ4n) is 10.2. The Morgan fingerprint density at radius 2 is 0.597 bits per heavy atom. The summed E-state index contributed by atoms with van der Waals surface area (Å²) in [5.41, 5.74) is 6.75. The molecule has 0 aliphatic heterocycles. The number of halogens is 6. The topological polar surface area (TPSA) is 33.6 Å². The van der Waals surface area contributed by atoms with Crippen molar-refractivity contribution in [2.75, 3.05) is 0 Å². The second kappa shape index (κ2) is 17.1. The average Bonchev–Trinajstić information content (AvgIpc) is 3.92. The monoisotopic (exact) mass is 949 g/mol. The molecule has 2 heterocycles. The number of hydrogen-bond donors (Lipinski definition) is 0. The van der Waals surface area contributed by atoms with Crippen molar-refractivity contribution < 1.29 is 26.3 Å². The summed E-state index contributed by atoms with van der Waals surface area (Å²) >= 11 is 0. The van der Waals surface area contributed by atoms with E-state index in [9.17, 15) is 5.26 Å². The molecule has 0 N–H and O–H groups in total. The first-order chi connectivity index (χ1) is 34.9. The fourth-order valence-corrected chi connectivity index (χ4v) is 10.2. The summed E-state index contributed by atoms with van der Waals surface area (Å²) < 4.78 is 94.7. The van der Waals surface area contributed by atoms with Crippen molar-refractivity contribution in [2.24, 2.45) is 0 Å². The van der Waals surface area contributed by atoms with Crippen molar-refractivity contribution in [3.8, 4) is 73.1 Å². The van der Waals surface area contributed by atoms with Gasteiger partial charge in [0, 0.05) is 27.1 Å². The zero-order valence-corrected chi connectivity index (χ0v) is 38.0. The van der Waals surface area contributed by atoms with Crippen molar-refractivity contribution in [2.45, 2.75) is 12.4 Å². The quantitative estimate of drug-likeness (QED) is 0.147. The Morgan fingerprint density at radius 3 is 0.861 bits per heavy atom. The molecule has 0 saturated heterocycles. The van der Waals surface area contributed by atoms with Crippen molar-refractivity contribution in [3.05, 3.63) is 241 Å². The molecule has 0 spiro atoms. The maximum atomic E-state index is 15.2. The number of hydrogen-bond acceptors (Lipinski definition) is 1. The van der Waals surface area contributed by atoms with Crippen LogP contribution in [0.15, 0.2) is 224 Å². The lowest BCUT2D eigenvalue weighted by Gasteiger charge is -2.23. The summed E-state index contributed by atoms with van der Waals surface area (Å²) in [5, 5.41) is 14.3. The number of alkyl halides is 6. The molecule has 0 bridgehead atoms. The van der Waals surface area contributed by atoms with Gasteiger partial charge in [-0.05, 0) is 105 Å². The maximum Gasteiger partial charge on any atom is 0.416 e. The highest BCUT2D eigenvalue weighted by molar-refractivity contribution is 6.14. The summed E-state index contributed by atoms with van der Waals surface area (Å²) in [6.45, 7) is 0. The highest BCUT2D eigenvalue weighted by Gasteiger charge is 2.38. The molecule has 0 unspecified atom stereocenters. The first kappa shape index (κ1) is 44.1. The van der Waals surface area contributed by atoms with Crippen LogP contribution in [0.3, 0.4) is 0 Å². The minimum absolute atomic E-state index is 0.0497. The van der Waals surface area contributed by atoms with E-state index in [1.165, 1.54) is 0 Å². The van der Waals surface area contributed by atoms with Crippen molar-refractivity contribution >= 4 is 43.6 Å². The smallest absolute Gasteiger partial charge is 0.308 e. The summed E-state index contributed by atoms with van der Waals surface area (Å²) in [4.78, 5) is 0. The van der Waals surface area contributed by atoms with Crippen LogP contribution < -0.4 is 0 Å². The lowest BCUT2D eigenvalue weighted by Crippen LogP contribution is -2.12. The van der Waals surface area contributed by atoms with Gasteiger partial charge in [0.05, 0.1) is 56.2 Å². The van der Waals surface area contributed by atoms with Crippen LogP contribution in [0.25, 0.3) is 111 Å². The number of benzene rings is 10. The van der Waals surface area contributed by atoms with Gasteiger partial charge in [-0.25, -0.2) is 0 Å². The third-order valence-electron chi connectivity index (χ3n) is 13.5. The van der Waals surface area contributed by atoms with Crippen LogP contribution in [0.2, 0.25) is 0 Å². The Kier molecular flexibility index (Phi) is 10.5. The maximum absolute atomic E-state index is 15.2. The number of rotatable bonds is 7. The molecule has 72 heavy (non-hydrogen) atoms. The molecule has 2 aromatic heterocycles. The lowest BCUT2D eigenvalue weighted by atomic mass is 9.94. The van der Waals surface area contributed by atoms with E-state index >= 15 is 26.3 Å². The van der Waals surface area contributed by atoms with Crippen LogP contribution in [-0.4, -0.2) is 9.13 Å². The fraction of sp³-hybridized carbons (Fsp3) is 0.0317. The van der Waals surface area contributed by atoms with Crippen molar-refractivity contribution in [3.63, 3.8) is 0 Å². The highest BCUT2D eigenvalue weighted by Crippen LogP contribution is 2.47. The predicted octanol–water partition coefficient (Wildman–Crippen LogP) is 18.1. The summed E-state index contributed by atoms with van der Waals surface area (Å²) in [7, 11) is 0. The lowest BCUT2D eigenvalue weighted by molar-refractivity contribution is -0.143. The zero-order valence-electron chi connectivity index (χ0n) is 38.0. The Labute approximate surface area is 409 Å². The molecule has 9 heteroatoms. The van der Waals surface area contributed by atoms with Crippen LogP contribution in [-0.2, 0) is 12.4 Å². The number of aromatic nitrogens is 2. The van der Waals surface area contributed by atoms with Crippen molar-refractivity contribution in [1.82, 2.24) is 9.13 Å². The molecule has 0 radical (unpaired) electrons. The molecule has 0 atom stereocenters. The van der Waals surface area contributed by atoms with Crippen LogP contribution in [0.4, 0.5) is 26.3 Å². The number of nitrogens with zero attached hydrogens (tertiary/aromatic N) is 3.